The quantitative estimate of drug-likeness (QED) is 0.317. The summed E-state index contributed by atoms with van der Waals surface area (Å²) in [4.78, 5) is 12.3. The van der Waals surface area contributed by atoms with Crippen LogP contribution in [0.1, 0.15) is 10.4 Å². The number of hydrogen-bond acceptors (Lipinski definition) is 2. The predicted octanol–water partition coefficient (Wildman–Crippen LogP) is 5.41. The Balaban J connectivity index is 2.07. The monoisotopic (exact) mass is 469 g/mol. The summed E-state index contributed by atoms with van der Waals surface area (Å²) < 4.78 is -1.86. The molecule has 0 saturated carbocycles. The average molecular weight is 472 g/mol. The Bertz CT molecular complexity index is 798. The van der Waals surface area contributed by atoms with E-state index in [2.05, 4.69) is 16.0 Å². The fourth-order valence-corrected chi connectivity index (χ4v) is 2.89. The second-order valence-corrected chi connectivity index (χ2v) is 8.66. The highest BCUT2D eigenvalue weighted by Gasteiger charge is 2.34. The number of nitrogens with one attached hydrogen (secondary N) is 3. The number of carbonyl (C=O) groups excluding carboxylic acids is 1. The average Bonchev–Trinajstić information content (AvgIpc) is 2.56. The van der Waals surface area contributed by atoms with Crippen molar-refractivity contribution in [3.8, 4) is 0 Å². The molecule has 2 rings (SSSR count). The molecule has 0 unspecified atom stereocenters. The minimum Gasteiger partial charge on any atom is -0.339 e. The van der Waals surface area contributed by atoms with Gasteiger partial charge in [-0.1, -0.05) is 76.2 Å². The maximum atomic E-state index is 12.3. The van der Waals surface area contributed by atoms with Gasteiger partial charge >= 0.3 is 0 Å². The molecule has 0 aliphatic rings. The van der Waals surface area contributed by atoms with E-state index >= 15 is 0 Å². The van der Waals surface area contributed by atoms with Crippen molar-refractivity contribution in [3.63, 3.8) is 0 Å². The van der Waals surface area contributed by atoms with Crippen molar-refractivity contribution in [2.45, 2.75) is 9.96 Å². The lowest BCUT2D eigenvalue weighted by Gasteiger charge is -2.28. The van der Waals surface area contributed by atoms with Crippen molar-refractivity contribution in [2.24, 2.45) is 0 Å². The van der Waals surface area contributed by atoms with Crippen LogP contribution in [0.3, 0.4) is 0 Å². The summed E-state index contributed by atoms with van der Waals surface area (Å²) >= 11 is 35.0. The summed E-state index contributed by atoms with van der Waals surface area (Å²) in [5, 5.41) is 9.13. The van der Waals surface area contributed by atoms with E-state index in [9.17, 15) is 4.79 Å². The Morgan fingerprint density at radius 1 is 1.00 bits per heavy atom. The third kappa shape index (κ3) is 6.34. The molecule has 0 aromatic heterocycles. The van der Waals surface area contributed by atoms with Crippen LogP contribution in [0.15, 0.2) is 48.5 Å². The maximum absolute atomic E-state index is 12.3. The van der Waals surface area contributed by atoms with Crippen LogP contribution in [0.4, 0.5) is 5.69 Å². The number of halogens is 5. The van der Waals surface area contributed by atoms with E-state index in [-0.39, 0.29) is 5.11 Å². The molecule has 2 aromatic carbocycles. The number of benzene rings is 2. The SMILES string of the molecule is O=C(N[C@@H](NC(=S)Nc1ccc(Cl)cc1Cl)C(Cl)(Cl)Cl)c1ccccc1. The summed E-state index contributed by atoms with van der Waals surface area (Å²) in [7, 11) is 0. The number of hydrogen-bond donors (Lipinski definition) is 3. The van der Waals surface area contributed by atoms with Gasteiger partial charge in [-0.05, 0) is 42.5 Å². The first kappa shape index (κ1) is 21.4. The van der Waals surface area contributed by atoms with E-state index in [0.29, 0.717) is 21.3 Å². The van der Waals surface area contributed by atoms with Gasteiger partial charge < -0.3 is 16.0 Å². The molecule has 0 aliphatic carbocycles. The van der Waals surface area contributed by atoms with Gasteiger partial charge in [0.05, 0.1) is 10.7 Å². The van der Waals surface area contributed by atoms with Gasteiger partial charge in [-0.3, -0.25) is 4.79 Å². The van der Waals surface area contributed by atoms with E-state index in [1.54, 1.807) is 48.5 Å². The first-order chi connectivity index (χ1) is 12.2. The molecule has 10 heteroatoms. The lowest BCUT2D eigenvalue weighted by atomic mass is 10.2. The van der Waals surface area contributed by atoms with Gasteiger partial charge in [0.25, 0.3) is 5.91 Å². The van der Waals surface area contributed by atoms with Crippen molar-refractivity contribution in [3.05, 3.63) is 64.1 Å². The van der Waals surface area contributed by atoms with Gasteiger partial charge in [-0.2, -0.15) is 0 Å². The summed E-state index contributed by atoms with van der Waals surface area (Å²) in [5.41, 5.74) is 0.916. The molecule has 0 aliphatic heterocycles. The van der Waals surface area contributed by atoms with Gasteiger partial charge in [0, 0.05) is 10.6 Å². The largest absolute Gasteiger partial charge is 0.339 e. The highest BCUT2D eigenvalue weighted by molar-refractivity contribution is 7.80. The van der Waals surface area contributed by atoms with Crippen LogP contribution >= 0.6 is 70.2 Å². The topological polar surface area (TPSA) is 53.2 Å². The van der Waals surface area contributed by atoms with Crippen LogP contribution in [-0.2, 0) is 0 Å². The Hall–Kier alpha value is -0.950. The van der Waals surface area contributed by atoms with E-state index < -0.39 is 15.9 Å². The zero-order valence-electron chi connectivity index (χ0n) is 12.9. The van der Waals surface area contributed by atoms with Crippen LogP contribution in [0.25, 0.3) is 0 Å². The molecule has 3 N–H and O–H groups in total. The lowest BCUT2D eigenvalue weighted by molar-refractivity contribution is 0.0934. The molecule has 0 spiro atoms. The minimum absolute atomic E-state index is 0.0962. The first-order valence-electron chi connectivity index (χ1n) is 7.12. The standard InChI is InChI=1S/C16H12Cl5N3OS/c17-10-6-7-12(11(18)8-10)22-15(26)24-14(16(19,20)21)23-13(25)9-4-2-1-3-5-9/h1-8,14H,(H,23,25)(H2,22,24,26)/t14-/m0/s1. The number of anilines is 1. The fraction of sp³-hybridized carbons (Fsp3) is 0.125. The van der Waals surface area contributed by atoms with Gasteiger partial charge in [-0.15, -0.1) is 0 Å². The molecule has 0 saturated heterocycles. The van der Waals surface area contributed by atoms with Gasteiger partial charge in [0.15, 0.2) is 5.11 Å². The summed E-state index contributed by atoms with van der Waals surface area (Å²) in [6.07, 6.45) is -1.09. The Labute approximate surface area is 181 Å². The number of amides is 1. The molecular formula is C16H12Cl5N3OS. The van der Waals surface area contributed by atoms with Crippen molar-refractivity contribution in [1.82, 2.24) is 10.6 Å². The van der Waals surface area contributed by atoms with Crippen LogP contribution in [-0.4, -0.2) is 21.0 Å². The highest BCUT2D eigenvalue weighted by atomic mass is 35.6. The third-order valence-corrected chi connectivity index (χ3v) is 4.52. The number of carbonyl (C=O) groups is 1. The van der Waals surface area contributed by atoms with Gasteiger partial charge in [0.2, 0.25) is 3.79 Å². The summed E-state index contributed by atoms with van der Waals surface area (Å²) in [6, 6.07) is 13.3. The van der Waals surface area contributed by atoms with E-state index in [0.717, 1.165) is 0 Å². The van der Waals surface area contributed by atoms with Crippen molar-refractivity contribution in [1.29, 1.82) is 0 Å². The Morgan fingerprint density at radius 2 is 1.65 bits per heavy atom. The van der Waals surface area contributed by atoms with E-state index in [1.807, 2.05) is 0 Å². The van der Waals surface area contributed by atoms with Gasteiger partial charge in [0.1, 0.15) is 6.17 Å². The van der Waals surface area contributed by atoms with Crippen molar-refractivity contribution >= 4 is 86.9 Å². The van der Waals surface area contributed by atoms with Crippen LogP contribution in [0, 0.1) is 0 Å². The molecule has 1 atom stereocenters. The second-order valence-electron chi connectivity index (χ2n) is 5.04. The third-order valence-electron chi connectivity index (χ3n) is 3.09. The van der Waals surface area contributed by atoms with Crippen LogP contribution in [0.2, 0.25) is 10.0 Å². The van der Waals surface area contributed by atoms with Crippen LogP contribution in [0.5, 0.6) is 0 Å². The smallest absolute Gasteiger partial charge is 0.252 e. The molecule has 4 nitrogen and oxygen atoms in total. The molecule has 0 bridgehead atoms. The fourth-order valence-electron chi connectivity index (χ4n) is 1.88. The number of alkyl halides is 3. The number of thiocarbonyl (C=S) groups is 1. The zero-order chi connectivity index (χ0) is 19.3. The zero-order valence-corrected chi connectivity index (χ0v) is 17.5. The highest BCUT2D eigenvalue weighted by Crippen LogP contribution is 2.30. The maximum Gasteiger partial charge on any atom is 0.252 e. The summed E-state index contributed by atoms with van der Waals surface area (Å²) in [5.74, 6) is -0.429. The Morgan fingerprint density at radius 3 is 2.23 bits per heavy atom. The summed E-state index contributed by atoms with van der Waals surface area (Å²) in [6.45, 7) is 0. The van der Waals surface area contributed by atoms with E-state index in [4.69, 9.17) is 70.2 Å². The molecule has 1 amide bonds. The molecule has 0 radical (unpaired) electrons. The molecule has 2 aromatic rings. The van der Waals surface area contributed by atoms with Crippen LogP contribution < -0.4 is 16.0 Å². The lowest BCUT2D eigenvalue weighted by Crippen LogP contribution is -2.56. The minimum atomic E-state index is -1.86. The van der Waals surface area contributed by atoms with E-state index in [1.165, 1.54) is 0 Å². The Kier molecular flexibility index (Phi) is 7.64. The second kappa shape index (κ2) is 9.31. The number of rotatable bonds is 4. The molecule has 0 fully saturated rings. The molecule has 138 valence electrons. The van der Waals surface area contributed by atoms with Crippen molar-refractivity contribution < 1.29 is 4.79 Å². The molecule has 26 heavy (non-hydrogen) atoms. The normalized spacial score (nSPS) is 12.2. The first-order valence-corrected chi connectivity index (χ1v) is 9.42. The predicted molar refractivity (Wildman–Crippen MR) is 114 cm³/mol. The van der Waals surface area contributed by atoms with Crippen molar-refractivity contribution in [2.75, 3.05) is 5.32 Å². The van der Waals surface area contributed by atoms with Gasteiger partial charge in [-0.25, -0.2) is 0 Å². The molecular weight excluding hydrogens is 460 g/mol. The molecule has 0 heterocycles.